The van der Waals surface area contributed by atoms with E-state index in [1.54, 1.807) is 0 Å². The Kier molecular flexibility index (Phi) is 5.00. The lowest BCUT2D eigenvalue weighted by Crippen LogP contribution is -2.29. The highest BCUT2D eigenvalue weighted by Crippen LogP contribution is 2.17. The molecule has 0 radical (unpaired) electrons. The summed E-state index contributed by atoms with van der Waals surface area (Å²) in [6.45, 7) is 12.0. The molecule has 92 valence electrons. The largest absolute Gasteiger partial charge is 0.334 e. The molecule has 1 aromatic rings. The van der Waals surface area contributed by atoms with E-state index in [0.29, 0.717) is 5.41 Å². The first-order chi connectivity index (χ1) is 7.59. The Morgan fingerprint density at radius 3 is 2.75 bits per heavy atom. The minimum absolute atomic E-state index is 0.377. The van der Waals surface area contributed by atoms with E-state index in [2.05, 4.69) is 48.8 Å². The van der Waals surface area contributed by atoms with Gasteiger partial charge in [-0.2, -0.15) is 0 Å². The zero-order valence-electron chi connectivity index (χ0n) is 11.1. The van der Waals surface area contributed by atoms with E-state index in [1.807, 2.05) is 6.20 Å². The second-order valence-corrected chi connectivity index (χ2v) is 5.16. The van der Waals surface area contributed by atoms with Crippen LogP contribution >= 0.6 is 0 Å². The first-order valence-corrected chi connectivity index (χ1v) is 6.30. The van der Waals surface area contributed by atoms with Crippen LogP contribution in [0.4, 0.5) is 0 Å². The zero-order chi connectivity index (χ0) is 12.0. The maximum Gasteiger partial charge on any atom is 0.122 e. The van der Waals surface area contributed by atoms with Crippen LogP contribution in [-0.4, -0.2) is 16.1 Å². The summed E-state index contributed by atoms with van der Waals surface area (Å²) in [6, 6.07) is 0. The predicted octanol–water partition coefficient (Wildman–Crippen LogP) is 2.82. The maximum atomic E-state index is 4.38. The number of hydrogen-bond acceptors (Lipinski definition) is 2. The van der Waals surface area contributed by atoms with Gasteiger partial charge in [0.2, 0.25) is 0 Å². The average molecular weight is 223 g/mol. The number of aromatic nitrogens is 2. The maximum absolute atomic E-state index is 4.38. The molecule has 0 amide bonds. The van der Waals surface area contributed by atoms with Crippen molar-refractivity contribution in [2.45, 2.75) is 53.6 Å². The van der Waals surface area contributed by atoms with Gasteiger partial charge in [-0.15, -0.1) is 0 Å². The van der Waals surface area contributed by atoms with Crippen molar-refractivity contribution in [3.05, 3.63) is 18.2 Å². The summed E-state index contributed by atoms with van der Waals surface area (Å²) in [5, 5.41) is 3.49. The Balaban J connectivity index is 2.39. The Hall–Kier alpha value is -0.830. The van der Waals surface area contributed by atoms with E-state index < -0.39 is 0 Å². The Morgan fingerprint density at radius 2 is 2.12 bits per heavy atom. The van der Waals surface area contributed by atoms with E-state index in [4.69, 9.17) is 0 Å². The minimum atomic E-state index is 0.377. The van der Waals surface area contributed by atoms with Crippen molar-refractivity contribution in [2.75, 3.05) is 6.54 Å². The monoisotopic (exact) mass is 223 g/mol. The lowest BCUT2D eigenvalue weighted by atomic mass is 9.90. The van der Waals surface area contributed by atoms with E-state index in [0.717, 1.165) is 31.9 Å². The zero-order valence-corrected chi connectivity index (χ0v) is 11.1. The molecular formula is C13H25N3. The third kappa shape index (κ3) is 3.97. The van der Waals surface area contributed by atoms with Crippen LogP contribution in [0.25, 0.3) is 0 Å². The van der Waals surface area contributed by atoms with E-state index in [1.165, 1.54) is 6.42 Å². The molecule has 0 spiro atoms. The lowest BCUT2D eigenvalue weighted by Gasteiger charge is -2.22. The van der Waals surface area contributed by atoms with Gasteiger partial charge in [0.15, 0.2) is 0 Å². The fourth-order valence-electron chi connectivity index (χ4n) is 1.59. The van der Waals surface area contributed by atoms with Gasteiger partial charge in [0, 0.05) is 25.5 Å². The SMILES string of the molecule is CCCn1ccnc1CNCC(C)(C)CC. The molecule has 0 saturated carbocycles. The molecule has 0 fully saturated rings. The molecule has 1 N–H and O–H groups in total. The molecule has 0 saturated heterocycles. The van der Waals surface area contributed by atoms with Crippen molar-refractivity contribution in [1.29, 1.82) is 0 Å². The Bertz CT molecular complexity index is 302. The molecule has 1 rings (SSSR count). The van der Waals surface area contributed by atoms with Gasteiger partial charge in [-0.1, -0.05) is 27.7 Å². The number of rotatable bonds is 7. The standard InChI is InChI=1S/C13H25N3/c1-5-8-16-9-7-15-12(16)10-14-11-13(3,4)6-2/h7,9,14H,5-6,8,10-11H2,1-4H3. The quantitative estimate of drug-likeness (QED) is 0.770. The van der Waals surface area contributed by atoms with Crippen LogP contribution in [0.3, 0.4) is 0 Å². The van der Waals surface area contributed by atoms with Crippen LogP contribution in [0, 0.1) is 5.41 Å². The van der Waals surface area contributed by atoms with Gasteiger partial charge in [0.1, 0.15) is 5.82 Å². The van der Waals surface area contributed by atoms with Crippen molar-refractivity contribution in [2.24, 2.45) is 5.41 Å². The molecular weight excluding hydrogens is 198 g/mol. The lowest BCUT2D eigenvalue weighted by molar-refractivity contribution is 0.325. The second-order valence-electron chi connectivity index (χ2n) is 5.16. The highest BCUT2D eigenvalue weighted by molar-refractivity contribution is 4.92. The summed E-state index contributed by atoms with van der Waals surface area (Å²) in [4.78, 5) is 4.38. The van der Waals surface area contributed by atoms with Crippen molar-refractivity contribution in [3.8, 4) is 0 Å². The van der Waals surface area contributed by atoms with Crippen molar-refractivity contribution < 1.29 is 0 Å². The van der Waals surface area contributed by atoms with Crippen LogP contribution in [0.1, 0.15) is 46.4 Å². The topological polar surface area (TPSA) is 29.9 Å². The molecule has 1 aromatic heterocycles. The first-order valence-electron chi connectivity index (χ1n) is 6.30. The average Bonchev–Trinajstić information content (AvgIpc) is 2.66. The van der Waals surface area contributed by atoms with Crippen LogP contribution in [0.5, 0.6) is 0 Å². The normalized spacial score (nSPS) is 12.0. The van der Waals surface area contributed by atoms with E-state index >= 15 is 0 Å². The summed E-state index contributed by atoms with van der Waals surface area (Å²) in [5.74, 6) is 1.15. The molecule has 16 heavy (non-hydrogen) atoms. The highest BCUT2D eigenvalue weighted by atomic mass is 15.1. The molecule has 0 aromatic carbocycles. The summed E-state index contributed by atoms with van der Waals surface area (Å²) in [7, 11) is 0. The number of aryl methyl sites for hydroxylation is 1. The number of nitrogens with zero attached hydrogens (tertiary/aromatic N) is 2. The van der Waals surface area contributed by atoms with Gasteiger partial charge in [-0.3, -0.25) is 0 Å². The number of imidazole rings is 1. The first kappa shape index (κ1) is 13.2. The molecule has 0 bridgehead atoms. The van der Waals surface area contributed by atoms with Crippen LogP contribution in [-0.2, 0) is 13.1 Å². The van der Waals surface area contributed by atoms with Gasteiger partial charge in [0.25, 0.3) is 0 Å². The van der Waals surface area contributed by atoms with Crippen LogP contribution < -0.4 is 5.32 Å². The fraction of sp³-hybridized carbons (Fsp3) is 0.769. The number of hydrogen-bond donors (Lipinski definition) is 1. The van der Waals surface area contributed by atoms with Gasteiger partial charge in [0.05, 0.1) is 6.54 Å². The number of nitrogens with one attached hydrogen (secondary N) is 1. The van der Waals surface area contributed by atoms with Gasteiger partial charge in [-0.05, 0) is 18.3 Å². The Morgan fingerprint density at radius 1 is 1.38 bits per heavy atom. The molecule has 0 unspecified atom stereocenters. The van der Waals surface area contributed by atoms with Crippen molar-refractivity contribution >= 4 is 0 Å². The summed E-state index contributed by atoms with van der Waals surface area (Å²) in [5.41, 5.74) is 0.377. The molecule has 3 heteroatoms. The van der Waals surface area contributed by atoms with Crippen LogP contribution in [0.2, 0.25) is 0 Å². The Labute approximate surface area is 99.3 Å². The van der Waals surface area contributed by atoms with E-state index in [9.17, 15) is 0 Å². The van der Waals surface area contributed by atoms with Crippen molar-refractivity contribution in [3.63, 3.8) is 0 Å². The van der Waals surface area contributed by atoms with Crippen molar-refractivity contribution in [1.82, 2.24) is 14.9 Å². The molecule has 1 heterocycles. The van der Waals surface area contributed by atoms with Crippen LogP contribution in [0.15, 0.2) is 12.4 Å². The van der Waals surface area contributed by atoms with Gasteiger partial charge in [-0.25, -0.2) is 4.98 Å². The minimum Gasteiger partial charge on any atom is -0.334 e. The van der Waals surface area contributed by atoms with Gasteiger partial charge < -0.3 is 9.88 Å². The molecule has 0 aliphatic heterocycles. The summed E-state index contributed by atoms with van der Waals surface area (Å²) in [6.07, 6.45) is 6.30. The second kappa shape index (κ2) is 6.04. The highest BCUT2D eigenvalue weighted by Gasteiger charge is 2.14. The fourth-order valence-corrected chi connectivity index (χ4v) is 1.59. The molecule has 0 aliphatic carbocycles. The molecule has 0 aliphatic rings. The van der Waals surface area contributed by atoms with E-state index in [-0.39, 0.29) is 0 Å². The summed E-state index contributed by atoms with van der Waals surface area (Å²) < 4.78 is 2.23. The smallest absolute Gasteiger partial charge is 0.122 e. The molecule has 3 nitrogen and oxygen atoms in total. The summed E-state index contributed by atoms with van der Waals surface area (Å²) >= 11 is 0. The third-order valence-corrected chi connectivity index (χ3v) is 3.11. The predicted molar refractivity (Wildman–Crippen MR) is 68.3 cm³/mol. The third-order valence-electron chi connectivity index (χ3n) is 3.11. The molecule has 0 atom stereocenters. The van der Waals surface area contributed by atoms with Gasteiger partial charge >= 0.3 is 0 Å².